The highest BCUT2D eigenvalue weighted by Crippen LogP contribution is 2.18. The van der Waals surface area contributed by atoms with Gasteiger partial charge in [-0.15, -0.1) is 0 Å². The van der Waals surface area contributed by atoms with Crippen LogP contribution in [-0.4, -0.2) is 12.6 Å². The van der Waals surface area contributed by atoms with Crippen molar-refractivity contribution in [2.75, 3.05) is 6.61 Å². The molecule has 0 aliphatic heterocycles. The summed E-state index contributed by atoms with van der Waals surface area (Å²) < 4.78 is 10.6. The van der Waals surface area contributed by atoms with Gasteiger partial charge in [0.2, 0.25) is 0 Å². The Morgan fingerprint density at radius 2 is 1.84 bits per heavy atom. The number of carbonyl (C=O) groups excluding carboxylic acids is 1. The standard InChI is InChI=1S/C15H13ClO3/c1-2-18-14-5-3-4-11(10-14)15(17)19-13-8-6-12(16)7-9-13/h3-10H,2H2,1H3. The largest absolute Gasteiger partial charge is 0.494 e. The Bertz CT molecular complexity index is 564. The highest BCUT2D eigenvalue weighted by molar-refractivity contribution is 6.30. The fraction of sp³-hybridized carbons (Fsp3) is 0.133. The van der Waals surface area contributed by atoms with Gasteiger partial charge in [0.05, 0.1) is 12.2 Å². The van der Waals surface area contributed by atoms with E-state index >= 15 is 0 Å². The molecule has 2 aromatic carbocycles. The Hall–Kier alpha value is -2.00. The van der Waals surface area contributed by atoms with Crippen LogP contribution in [-0.2, 0) is 0 Å². The van der Waals surface area contributed by atoms with Crippen LogP contribution in [0.1, 0.15) is 17.3 Å². The summed E-state index contributed by atoms with van der Waals surface area (Å²) in [6.45, 7) is 2.44. The van der Waals surface area contributed by atoms with Crippen LogP contribution in [0.15, 0.2) is 48.5 Å². The zero-order chi connectivity index (χ0) is 13.7. The van der Waals surface area contributed by atoms with Crippen molar-refractivity contribution >= 4 is 17.6 Å². The van der Waals surface area contributed by atoms with Gasteiger partial charge in [-0.05, 0) is 49.4 Å². The SMILES string of the molecule is CCOc1cccc(C(=O)Oc2ccc(Cl)cc2)c1. The lowest BCUT2D eigenvalue weighted by atomic mass is 10.2. The van der Waals surface area contributed by atoms with Crippen molar-refractivity contribution in [3.05, 3.63) is 59.1 Å². The molecule has 0 aromatic heterocycles. The highest BCUT2D eigenvalue weighted by Gasteiger charge is 2.09. The van der Waals surface area contributed by atoms with E-state index in [1.165, 1.54) is 0 Å². The van der Waals surface area contributed by atoms with Crippen molar-refractivity contribution in [3.8, 4) is 11.5 Å². The van der Waals surface area contributed by atoms with Gasteiger partial charge in [-0.2, -0.15) is 0 Å². The van der Waals surface area contributed by atoms with E-state index in [-0.39, 0.29) is 0 Å². The zero-order valence-electron chi connectivity index (χ0n) is 10.4. The first-order valence-electron chi connectivity index (χ1n) is 5.89. The molecule has 0 fully saturated rings. The fourth-order valence-corrected chi connectivity index (χ4v) is 1.67. The maximum Gasteiger partial charge on any atom is 0.343 e. The molecule has 0 heterocycles. The van der Waals surface area contributed by atoms with Crippen LogP contribution in [0.25, 0.3) is 0 Å². The van der Waals surface area contributed by atoms with E-state index in [1.54, 1.807) is 48.5 Å². The van der Waals surface area contributed by atoms with Crippen molar-refractivity contribution in [2.24, 2.45) is 0 Å². The smallest absolute Gasteiger partial charge is 0.343 e. The molecule has 4 heteroatoms. The van der Waals surface area contributed by atoms with Gasteiger partial charge in [0, 0.05) is 5.02 Å². The topological polar surface area (TPSA) is 35.5 Å². The van der Waals surface area contributed by atoms with Crippen LogP contribution < -0.4 is 9.47 Å². The number of hydrogen-bond acceptors (Lipinski definition) is 3. The minimum Gasteiger partial charge on any atom is -0.494 e. The molecule has 2 rings (SSSR count). The van der Waals surface area contributed by atoms with Crippen LogP contribution in [0.3, 0.4) is 0 Å². The van der Waals surface area contributed by atoms with Crippen LogP contribution in [0.4, 0.5) is 0 Å². The molecule has 2 aromatic rings. The van der Waals surface area contributed by atoms with E-state index in [4.69, 9.17) is 21.1 Å². The predicted molar refractivity (Wildman–Crippen MR) is 74.0 cm³/mol. The van der Waals surface area contributed by atoms with Crippen molar-refractivity contribution in [1.82, 2.24) is 0 Å². The summed E-state index contributed by atoms with van der Waals surface area (Å²) in [5.41, 5.74) is 0.445. The lowest BCUT2D eigenvalue weighted by molar-refractivity contribution is 0.0734. The van der Waals surface area contributed by atoms with Crippen LogP contribution in [0.5, 0.6) is 11.5 Å². The molecule has 0 bridgehead atoms. The molecule has 0 saturated heterocycles. The first kappa shape index (κ1) is 13.4. The first-order valence-corrected chi connectivity index (χ1v) is 6.27. The lowest BCUT2D eigenvalue weighted by Gasteiger charge is -2.06. The summed E-state index contributed by atoms with van der Waals surface area (Å²) in [6.07, 6.45) is 0. The molecule has 0 saturated carbocycles. The molecule has 0 unspecified atom stereocenters. The Morgan fingerprint density at radius 3 is 2.53 bits per heavy atom. The molecule has 0 aliphatic rings. The van der Waals surface area contributed by atoms with Gasteiger partial charge in [-0.25, -0.2) is 4.79 Å². The Labute approximate surface area is 116 Å². The number of rotatable bonds is 4. The second-order valence-electron chi connectivity index (χ2n) is 3.80. The van der Waals surface area contributed by atoms with Crippen LogP contribution >= 0.6 is 11.6 Å². The van der Waals surface area contributed by atoms with Crippen molar-refractivity contribution in [3.63, 3.8) is 0 Å². The maximum atomic E-state index is 11.9. The summed E-state index contributed by atoms with van der Waals surface area (Å²) in [7, 11) is 0. The average molecular weight is 277 g/mol. The second-order valence-corrected chi connectivity index (χ2v) is 4.24. The van der Waals surface area contributed by atoms with E-state index in [0.717, 1.165) is 0 Å². The van der Waals surface area contributed by atoms with E-state index in [1.807, 2.05) is 6.92 Å². The highest BCUT2D eigenvalue weighted by atomic mass is 35.5. The van der Waals surface area contributed by atoms with Gasteiger partial charge >= 0.3 is 5.97 Å². The number of hydrogen-bond donors (Lipinski definition) is 0. The molecule has 0 spiro atoms. The molecule has 0 radical (unpaired) electrons. The van der Waals surface area contributed by atoms with E-state index in [0.29, 0.717) is 28.7 Å². The quantitative estimate of drug-likeness (QED) is 0.626. The zero-order valence-corrected chi connectivity index (χ0v) is 11.2. The average Bonchev–Trinajstić information content (AvgIpc) is 2.42. The maximum absolute atomic E-state index is 11.9. The summed E-state index contributed by atoms with van der Waals surface area (Å²) in [4.78, 5) is 11.9. The third-order valence-corrected chi connectivity index (χ3v) is 2.66. The normalized spacial score (nSPS) is 10.0. The monoisotopic (exact) mass is 276 g/mol. The summed E-state index contributed by atoms with van der Waals surface area (Å²) in [6, 6.07) is 13.5. The van der Waals surface area contributed by atoms with E-state index in [9.17, 15) is 4.79 Å². The number of carbonyl (C=O) groups is 1. The van der Waals surface area contributed by atoms with Gasteiger partial charge in [0.15, 0.2) is 0 Å². The van der Waals surface area contributed by atoms with E-state index < -0.39 is 5.97 Å². The number of esters is 1. The third-order valence-electron chi connectivity index (χ3n) is 2.40. The molecular formula is C15H13ClO3. The molecular weight excluding hydrogens is 264 g/mol. The van der Waals surface area contributed by atoms with Crippen LogP contribution in [0, 0.1) is 0 Å². The van der Waals surface area contributed by atoms with Gasteiger partial charge < -0.3 is 9.47 Å². The van der Waals surface area contributed by atoms with Crippen molar-refractivity contribution < 1.29 is 14.3 Å². The molecule has 98 valence electrons. The Balaban J connectivity index is 2.11. The summed E-state index contributed by atoms with van der Waals surface area (Å²) in [5, 5.41) is 0.596. The van der Waals surface area contributed by atoms with Gasteiger partial charge in [-0.1, -0.05) is 17.7 Å². The molecule has 0 atom stereocenters. The van der Waals surface area contributed by atoms with Crippen molar-refractivity contribution in [2.45, 2.75) is 6.92 Å². The molecule has 0 N–H and O–H groups in total. The number of benzene rings is 2. The fourth-order valence-electron chi connectivity index (χ4n) is 1.55. The second kappa shape index (κ2) is 6.25. The van der Waals surface area contributed by atoms with Gasteiger partial charge in [0.25, 0.3) is 0 Å². The predicted octanol–water partition coefficient (Wildman–Crippen LogP) is 3.96. The summed E-state index contributed by atoms with van der Waals surface area (Å²) >= 11 is 5.76. The molecule has 3 nitrogen and oxygen atoms in total. The van der Waals surface area contributed by atoms with Crippen LogP contribution in [0.2, 0.25) is 5.02 Å². The Kier molecular flexibility index (Phi) is 4.42. The summed E-state index contributed by atoms with van der Waals surface area (Å²) in [5.74, 6) is 0.674. The molecule has 0 aliphatic carbocycles. The first-order chi connectivity index (χ1) is 9.19. The Morgan fingerprint density at radius 1 is 1.11 bits per heavy atom. The lowest BCUT2D eigenvalue weighted by Crippen LogP contribution is -2.08. The number of ether oxygens (including phenoxy) is 2. The molecule has 0 amide bonds. The van der Waals surface area contributed by atoms with Gasteiger partial charge in [-0.3, -0.25) is 0 Å². The van der Waals surface area contributed by atoms with Gasteiger partial charge in [0.1, 0.15) is 11.5 Å². The number of halogens is 1. The minimum absolute atomic E-state index is 0.427. The third kappa shape index (κ3) is 3.73. The van der Waals surface area contributed by atoms with Crippen molar-refractivity contribution in [1.29, 1.82) is 0 Å². The molecule has 19 heavy (non-hydrogen) atoms. The minimum atomic E-state index is -0.427. The van der Waals surface area contributed by atoms with E-state index in [2.05, 4.69) is 0 Å².